The summed E-state index contributed by atoms with van der Waals surface area (Å²) >= 11 is 0. The van der Waals surface area contributed by atoms with Gasteiger partial charge in [-0.3, -0.25) is 0 Å². The zero-order valence-corrected chi connectivity index (χ0v) is 5.20. The predicted octanol–water partition coefficient (Wildman–Crippen LogP) is -0.704. The highest BCUT2D eigenvalue weighted by Gasteiger charge is 1.86. The van der Waals surface area contributed by atoms with Gasteiger partial charge in [-0.2, -0.15) is 0 Å². The van der Waals surface area contributed by atoms with Crippen molar-refractivity contribution in [2.45, 2.75) is 0 Å². The lowest BCUT2D eigenvalue weighted by molar-refractivity contribution is -0.131. The topological polar surface area (TPSA) is 92.4 Å². The quantitative estimate of drug-likeness (QED) is 0.457. The molecule has 0 radical (unpaired) electrons. The maximum absolute atomic E-state index is 9.97. The number of primary amides is 1. The molecule has 2 amide bonds. The summed E-state index contributed by atoms with van der Waals surface area (Å²) in [6.45, 7) is 0.141. The molecule has 0 saturated heterocycles. The number of carboxylic acid groups (broad SMARTS) is 1. The molecule has 0 unspecified atom stereocenters. The maximum Gasteiger partial charge on any atom is 0.328 e. The fourth-order valence-corrected chi connectivity index (χ4v) is 0.319. The molecule has 5 nitrogen and oxygen atoms in total. The lowest BCUT2D eigenvalue weighted by Crippen LogP contribution is -2.29. The summed E-state index contributed by atoms with van der Waals surface area (Å²) in [5.41, 5.74) is 4.68. The molecule has 0 spiro atoms. The highest BCUT2D eigenvalue weighted by Crippen LogP contribution is 1.69. The van der Waals surface area contributed by atoms with Crippen LogP contribution < -0.4 is 11.1 Å². The van der Waals surface area contributed by atoms with Crippen molar-refractivity contribution in [3.63, 3.8) is 0 Å². The number of rotatable bonds is 3. The third kappa shape index (κ3) is 6.48. The summed E-state index contributed by atoms with van der Waals surface area (Å²) < 4.78 is 0. The van der Waals surface area contributed by atoms with Crippen molar-refractivity contribution in [2.75, 3.05) is 6.54 Å². The van der Waals surface area contributed by atoms with Crippen molar-refractivity contribution < 1.29 is 14.7 Å². The van der Waals surface area contributed by atoms with E-state index in [-0.39, 0.29) is 6.54 Å². The molecule has 0 fully saturated rings. The monoisotopic (exact) mass is 144 g/mol. The first-order valence-corrected chi connectivity index (χ1v) is 2.55. The lowest BCUT2D eigenvalue weighted by Gasteiger charge is -1.91. The average molecular weight is 144 g/mol. The van der Waals surface area contributed by atoms with Gasteiger partial charge in [-0.1, -0.05) is 6.08 Å². The van der Waals surface area contributed by atoms with Crippen LogP contribution in [0, 0.1) is 0 Å². The molecule has 0 aliphatic carbocycles. The van der Waals surface area contributed by atoms with Crippen LogP contribution in [0.5, 0.6) is 0 Å². The van der Waals surface area contributed by atoms with Gasteiger partial charge in [-0.05, 0) is 0 Å². The second-order valence-electron chi connectivity index (χ2n) is 1.49. The molecule has 0 aromatic rings. The van der Waals surface area contributed by atoms with Crippen LogP contribution in [0.1, 0.15) is 0 Å². The first kappa shape index (κ1) is 8.48. The van der Waals surface area contributed by atoms with E-state index in [1.54, 1.807) is 0 Å². The number of carbonyl (C=O) groups is 2. The fraction of sp³-hybridized carbons (Fsp3) is 0.200. The number of amides is 2. The molecular weight excluding hydrogens is 136 g/mol. The number of nitrogens with two attached hydrogens (primary N) is 1. The second kappa shape index (κ2) is 4.37. The first-order chi connectivity index (χ1) is 4.63. The van der Waals surface area contributed by atoms with Gasteiger partial charge in [0.05, 0.1) is 0 Å². The normalized spacial score (nSPS) is 9.60. The predicted molar refractivity (Wildman–Crippen MR) is 34.4 cm³/mol. The van der Waals surface area contributed by atoms with Gasteiger partial charge in [0.25, 0.3) is 0 Å². The molecule has 0 bridgehead atoms. The Morgan fingerprint density at radius 2 is 2.20 bits per heavy atom. The van der Waals surface area contributed by atoms with E-state index in [2.05, 4.69) is 11.1 Å². The van der Waals surface area contributed by atoms with Crippen LogP contribution in [-0.4, -0.2) is 23.7 Å². The number of hydrogen-bond acceptors (Lipinski definition) is 2. The van der Waals surface area contributed by atoms with Crippen LogP contribution in [0.2, 0.25) is 0 Å². The molecule has 0 saturated carbocycles. The Hall–Kier alpha value is -1.52. The molecule has 0 aromatic carbocycles. The van der Waals surface area contributed by atoms with Crippen molar-refractivity contribution in [3.05, 3.63) is 12.2 Å². The number of carboxylic acids is 1. The molecule has 5 heteroatoms. The van der Waals surface area contributed by atoms with Crippen molar-refractivity contribution in [1.29, 1.82) is 0 Å². The van der Waals surface area contributed by atoms with Gasteiger partial charge < -0.3 is 16.2 Å². The fourth-order valence-electron chi connectivity index (χ4n) is 0.319. The average Bonchev–Trinajstić information content (AvgIpc) is 1.79. The van der Waals surface area contributed by atoms with E-state index in [1.165, 1.54) is 6.08 Å². The van der Waals surface area contributed by atoms with Crippen molar-refractivity contribution in [3.8, 4) is 0 Å². The minimum absolute atomic E-state index is 0.141. The Morgan fingerprint density at radius 3 is 2.60 bits per heavy atom. The third-order valence-corrected chi connectivity index (χ3v) is 0.655. The highest BCUT2D eigenvalue weighted by molar-refractivity contribution is 5.80. The molecule has 0 atom stereocenters. The molecule has 0 heterocycles. The largest absolute Gasteiger partial charge is 0.478 e. The molecule has 56 valence electrons. The smallest absolute Gasteiger partial charge is 0.328 e. The van der Waals surface area contributed by atoms with E-state index >= 15 is 0 Å². The number of urea groups is 1. The maximum atomic E-state index is 9.97. The number of hydrogen-bond donors (Lipinski definition) is 3. The summed E-state index contributed by atoms with van der Waals surface area (Å²) in [5.74, 6) is -1.05. The molecule has 10 heavy (non-hydrogen) atoms. The first-order valence-electron chi connectivity index (χ1n) is 2.55. The van der Waals surface area contributed by atoms with Gasteiger partial charge in [0.1, 0.15) is 0 Å². The number of nitrogens with one attached hydrogen (secondary N) is 1. The van der Waals surface area contributed by atoms with Crippen LogP contribution in [-0.2, 0) is 4.79 Å². The Balaban J connectivity index is 3.36. The number of carbonyl (C=O) groups excluding carboxylic acids is 1. The van der Waals surface area contributed by atoms with Crippen LogP contribution in [0.4, 0.5) is 4.79 Å². The summed E-state index contributed by atoms with van der Waals surface area (Å²) in [6.07, 6.45) is 2.21. The van der Waals surface area contributed by atoms with Gasteiger partial charge in [-0.25, -0.2) is 9.59 Å². The van der Waals surface area contributed by atoms with Crippen LogP contribution in [0.15, 0.2) is 12.2 Å². The molecule has 0 aromatic heterocycles. The minimum Gasteiger partial charge on any atom is -0.478 e. The van der Waals surface area contributed by atoms with E-state index in [0.29, 0.717) is 0 Å². The van der Waals surface area contributed by atoms with Crippen LogP contribution in [0.25, 0.3) is 0 Å². The molecule has 0 aliphatic rings. The van der Waals surface area contributed by atoms with Crippen molar-refractivity contribution in [2.24, 2.45) is 5.73 Å². The highest BCUT2D eigenvalue weighted by atomic mass is 16.4. The Morgan fingerprint density at radius 1 is 1.60 bits per heavy atom. The van der Waals surface area contributed by atoms with Gasteiger partial charge >= 0.3 is 12.0 Å². The molecule has 0 aliphatic heterocycles. The van der Waals surface area contributed by atoms with Gasteiger partial charge in [0.2, 0.25) is 0 Å². The lowest BCUT2D eigenvalue weighted by atomic mass is 10.5. The van der Waals surface area contributed by atoms with Crippen LogP contribution in [0.3, 0.4) is 0 Å². The second-order valence-corrected chi connectivity index (χ2v) is 1.49. The van der Waals surface area contributed by atoms with E-state index in [0.717, 1.165) is 6.08 Å². The Labute approximate surface area is 57.5 Å². The standard InChI is InChI=1S/C5H8N2O3/c6-5(10)7-3-1-2-4(8)9/h1-2H,3H2,(H,8,9)(H3,6,7,10). The van der Waals surface area contributed by atoms with E-state index in [4.69, 9.17) is 5.11 Å². The summed E-state index contributed by atoms with van der Waals surface area (Å²) in [4.78, 5) is 19.8. The Kier molecular flexibility index (Phi) is 3.70. The van der Waals surface area contributed by atoms with E-state index in [9.17, 15) is 9.59 Å². The summed E-state index contributed by atoms with van der Waals surface area (Å²) in [6, 6.07) is -0.671. The van der Waals surface area contributed by atoms with Gasteiger partial charge in [-0.15, -0.1) is 0 Å². The van der Waals surface area contributed by atoms with E-state index in [1.807, 2.05) is 0 Å². The van der Waals surface area contributed by atoms with Gasteiger partial charge in [0, 0.05) is 12.6 Å². The summed E-state index contributed by atoms with van der Waals surface area (Å²) in [7, 11) is 0. The van der Waals surface area contributed by atoms with Gasteiger partial charge in [0.15, 0.2) is 0 Å². The zero-order chi connectivity index (χ0) is 7.98. The zero-order valence-electron chi connectivity index (χ0n) is 5.20. The molecular formula is C5H8N2O3. The summed E-state index contributed by atoms with van der Waals surface area (Å²) in [5, 5.41) is 10.2. The third-order valence-electron chi connectivity index (χ3n) is 0.655. The van der Waals surface area contributed by atoms with Crippen molar-refractivity contribution >= 4 is 12.0 Å². The SMILES string of the molecule is NC(=O)NCC=CC(=O)O. The molecule has 4 N–H and O–H groups in total. The Bertz CT molecular complexity index is 164. The van der Waals surface area contributed by atoms with Crippen LogP contribution >= 0.6 is 0 Å². The van der Waals surface area contributed by atoms with Crippen molar-refractivity contribution in [1.82, 2.24) is 5.32 Å². The number of aliphatic carboxylic acids is 1. The van der Waals surface area contributed by atoms with E-state index < -0.39 is 12.0 Å². The minimum atomic E-state index is -1.05. The molecule has 0 rings (SSSR count).